The number of methoxy groups -OCH3 is 1. The summed E-state index contributed by atoms with van der Waals surface area (Å²) >= 11 is 0. The normalized spacial score (nSPS) is 22.1. The molecule has 0 radical (unpaired) electrons. The van der Waals surface area contributed by atoms with Crippen molar-refractivity contribution in [1.82, 2.24) is 15.5 Å². The van der Waals surface area contributed by atoms with E-state index in [2.05, 4.69) is 25.7 Å². The molecular weight excluding hydrogens is 325 g/mol. The third-order valence-electron chi connectivity index (χ3n) is 4.86. The number of benzene rings is 1. The number of ether oxygens (including phenoxy) is 1. The largest absolute Gasteiger partial charge is 0.504 e. The molecule has 25 heavy (non-hydrogen) atoms. The number of phenols is 1. The van der Waals surface area contributed by atoms with Crippen LogP contribution in [-0.2, 0) is 4.74 Å². The van der Waals surface area contributed by atoms with Crippen LogP contribution in [0.4, 0.5) is 15.9 Å². The highest BCUT2D eigenvalue weighted by Crippen LogP contribution is 2.39. The van der Waals surface area contributed by atoms with Crippen molar-refractivity contribution in [2.45, 2.75) is 5.54 Å². The number of hydrogen-bond acceptors (Lipinski definition) is 7. The Morgan fingerprint density at radius 2 is 2.24 bits per heavy atom. The zero-order valence-corrected chi connectivity index (χ0v) is 13.9. The van der Waals surface area contributed by atoms with Crippen molar-refractivity contribution in [2.24, 2.45) is 0 Å². The van der Waals surface area contributed by atoms with E-state index in [0.29, 0.717) is 30.2 Å². The van der Waals surface area contributed by atoms with E-state index in [4.69, 9.17) is 4.74 Å². The number of para-hydroxylation sites is 1. The summed E-state index contributed by atoms with van der Waals surface area (Å²) in [5, 5.41) is 25.2. The third kappa shape index (κ3) is 2.58. The molecule has 8 heteroatoms. The molecule has 2 aliphatic heterocycles. The molecule has 1 saturated heterocycles. The average Bonchev–Trinajstić information content (AvgIpc) is 2.63. The Bertz CT molecular complexity index is 799. The fourth-order valence-electron chi connectivity index (χ4n) is 3.64. The summed E-state index contributed by atoms with van der Waals surface area (Å²) in [7, 11) is 1.69. The first kappa shape index (κ1) is 16.0. The number of phenolic OH excluding ortho intramolecular Hbond substituents is 1. The molecule has 0 saturated carbocycles. The van der Waals surface area contributed by atoms with Crippen molar-refractivity contribution < 1.29 is 14.2 Å². The maximum Gasteiger partial charge on any atom is 0.172 e. The Kier molecular flexibility index (Phi) is 3.93. The van der Waals surface area contributed by atoms with Crippen LogP contribution in [-0.4, -0.2) is 60.7 Å². The van der Waals surface area contributed by atoms with Gasteiger partial charge in [-0.3, -0.25) is 0 Å². The number of nitrogens with zero attached hydrogens (tertiary/aromatic N) is 3. The lowest BCUT2D eigenvalue weighted by Gasteiger charge is -2.51. The lowest BCUT2D eigenvalue weighted by molar-refractivity contribution is 0.122. The van der Waals surface area contributed by atoms with Gasteiger partial charge in [0.05, 0.1) is 23.5 Å². The number of nitrogens with one attached hydrogen (secondary N) is 2. The van der Waals surface area contributed by atoms with Gasteiger partial charge in [-0.2, -0.15) is 0 Å². The molecule has 1 unspecified atom stereocenters. The lowest BCUT2D eigenvalue weighted by Crippen LogP contribution is -2.68. The molecule has 1 fully saturated rings. The smallest absolute Gasteiger partial charge is 0.172 e. The summed E-state index contributed by atoms with van der Waals surface area (Å²) < 4.78 is 19.1. The van der Waals surface area contributed by atoms with Crippen molar-refractivity contribution in [3.05, 3.63) is 30.1 Å². The van der Waals surface area contributed by atoms with Crippen molar-refractivity contribution in [3.8, 4) is 17.0 Å². The van der Waals surface area contributed by atoms with Gasteiger partial charge < -0.3 is 25.4 Å². The van der Waals surface area contributed by atoms with Crippen LogP contribution in [0.3, 0.4) is 0 Å². The Hall–Kier alpha value is -2.45. The number of hydrogen-bond donors (Lipinski definition) is 3. The minimum atomic E-state index is -0.675. The summed E-state index contributed by atoms with van der Waals surface area (Å²) in [4.78, 5) is 2.27. The van der Waals surface area contributed by atoms with Gasteiger partial charge in [-0.05, 0) is 18.2 Å². The predicted octanol–water partition coefficient (Wildman–Crippen LogP) is 1.21. The first-order valence-electron chi connectivity index (χ1n) is 8.21. The van der Waals surface area contributed by atoms with E-state index in [1.54, 1.807) is 19.2 Å². The number of rotatable bonds is 3. The molecule has 2 aliphatic rings. The van der Waals surface area contributed by atoms with Gasteiger partial charge in [0.1, 0.15) is 0 Å². The summed E-state index contributed by atoms with van der Waals surface area (Å²) in [5.41, 5.74) is 1.43. The molecule has 1 aromatic carbocycles. The molecule has 1 atom stereocenters. The summed E-state index contributed by atoms with van der Waals surface area (Å²) in [5.74, 6) is -0.400. The van der Waals surface area contributed by atoms with Gasteiger partial charge in [-0.25, -0.2) is 4.39 Å². The van der Waals surface area contributed by atoms with E-state index in [9.17, 15) is 9.50 Å². The van der Waals surface area contributed by atoms with Crippen LogP contribution in [0.2, 0.25) is 0 Å². The molecule has 0 spiro atoms. The van der Waals surface area contributed by atoms with Gasteiger partial charge in [-0.1, -0.05) is 6.07 Å². The molecule has 0 bridgehead atoms. The average molecular weight is 345 g/mol. The van der Waals surface area contributed by atoms with Gasteiger partial charge in [0.25, 0.3) is 0 Å². The number of halogens is 1. The Labute approximate surface area is 144 Å². The summed E-state index contributed by atoms with van der Waals surface area (Å²) in [6, 6.07) is 6.24. The third-order valence-corrected chi connectivity index (χ3v) is 4.86. The first-order valence-corrected chi connectivity index (χ1v) is 8.21. The molecule has 2 aromatic rings. The molecule has 4 rings (SSSR count). The van der Waals surface area contributed by atoms with E-state index in [1.807, 2.05) is 6.07 Å². The van der Waals surface area contributed by atoms with Crippen LogP contribution < -0.4 is 15.5 Å². The molecule has 1 aromatic heterocycles. The fraction of sp³-hybridized carbons (Fsp3) is 0.412. The molecular formula is C17H20FN5O2. The minimum Gasteiger partial charge on any atom is -0.504 e. The van der Waals surface area contributed by atoms with Crippen LogP contribution in [0.15, 0.2) is 24.3 Å². The topological polar surface area (TPSA) is 82.5 Å². The summed E-state index contributed by atoms with van der Waals surface area (Å²) in [6.45, 7) is 3.71. The highest BCUT2D eigenvalue weighted by molar-refractivity contribution is 5.77. The Morgan fingerprint density at radius 3 is 3.08 bits per heavy atom. The standard InChI is InChI=1S/C17H20FN5O2/c1-25-10-17-8-19-5-6-23(17)14-7-13(21-22-16(14)20-9-17)11-3-2-4-12(18)15(11)24/h2-4,7,19,24H,5-6,8-10H2,1H3,(H,20,22). The van der Waals surface area contributed by atoms with Gasteiger partial charge in [0.15, 0.2) is 17.4 Å². The second-order valence-corrected chi connectivity index (χ2v) is 6.44. The van der Waals surface area contributed by atoms with Crippen LogP contribution in [0, 0.1) is 5.82 Å². The highest BCUT2D eigenvalue weighted by atomic mass is 19.1. The molecule has 3 heterocycles. The van der Waals surface area contributed by atoms with E-state index in [0.717, 1.165) is 25.3 Å². The maximum absolute atomic E-state index is 13.7. The number of anilines is 2. The quantitative estimate of drug-likeness (QED) is 0.771. The maximum atomic E-state index is 13.7. The molecule has 0 amide bonds. The van der Waals surface area contributed by atoms with E-state index >= 15 is 0 Å². The zero-order valence-electron chi connectivity index (χ0n) is 13.9. The van der Waals surface area contributed by atoms with Crippen molar-refractivity contribution in [2.75, 3.05) is 50.1 Å². The molecule has 0 aliphatic carbocycles. The minimum absolute atomic E-state index is 0.218. The van der Waals surface area contributed by atoms with E-state index in [-0.39, 0.29) is 5.54 Å². The highest BCUT2D eigenvalue weighted by Gasteiger charge is 2.43. The monoisotopic (exact) mass is 345 g/mol. The second-order valence-electron chi connectivity index (χ2n) is 6.44. The molecule has 132 valence electrons. The Morgan fingerprint density at radius 1 is 1.36 bits per heavy atom. The van der Waals surface area contributed by atoms with Crippen LogP contribution in [0.1, 0.15) is 0 Å². The van der Waals surface area contributed by atoms with Crippen LogP contribution >= 0.6 is 0 Å². The SMILES string of the molecule is COCC12CNCCN1c1cc(-c3cccc(F)c3O)nnc1NC2. The van der Waals surface area contributed by atoms with Gasteiger partial charge in [0, 0.05) is 38.9 Å². The second kappa shape index (κ2) is 6.12. The number of aromatic nitrogens is 2. The fourth-order valence-corrected chi connectivity index (χ4v) is 3.64. The van der Waals surface area contributed by atoms with E-state index in [1.165, 1.54) is 6.07 Å². The molecule has 3 N–H and O–H groups in total. The van der Waals surface area contributed by atoms with Gasteiger partial charge >= 0.3 is 0 Å². The number of fused-ring (bicyclic) bond motifs is 3. The predicted molar refractivity (Wildman–Crippen MR) is 92.4 cm³/mol. The Balaban J connectivity index is 1.79. The number of aromatic hydroxyl groups is 1. The summed E-state index contributed by atoms with van der Waals surface area (Å²) in [6.07, 6.45) is 0. The van der Waals surface area contributed by atoms with Gasteiger partial charge in [0.2, 0.25) is 0 Å². The first-order chi connectivity index (χ1) is 12.1. The number of piperazine rings is 1. The van der Waals surface area contributed by atoms with Crippen LogP contribution in [0.5, 0.6) is 5.75 Å². The van der Waals surface area contributed by atoms with Crippen LogP contribution in [0.25, 0.3) is 11.3 Å². The van der Waals surface area contributed by atoms with E-state index < -0.39 is 11.6 Å². The van der Waals surface area contributed by atoms with Crippen molar-refractivity contribution >= 4 is 11.5 Å². The zero-order chi connectivity index (χ0) is 17.4. The van der Waals surface area contributed by atoms with Crippen molar-refractivity contribution in [1.29, 1.82) is 0 Å². The van der Waals surface area contributed by atoms with Crippen molar-refractivity contribution in [3.63, 3.8) is 0 Å². The molecule has 7 nitrogen and oxygen atoms in total. The van der Waals surface area contributed by atoms with Gasteiger partial charge in [-0.15, -0.1) is 10.2 Å². The lowest BCUT2D eigenvalue weighted by atomic mass is 9.92.